The molecule has 3 rings (SSSR count). The van der Waals surface area contributed by atoms with Crippen LogP contribution >= 0.6 is 0 Å². The number of likely N-dealkylation sites (tertiary alicyclic amines) is 1. The third-order valence-electron chi connectivity index (χ3n) is 5.00. The molecule has 0 bridgehead atoms. The van der Waals surface area contributed by atoms with E-state index in [9.17, 15) is 4.39 Å². The summed E-state index contributed by atoms with van der Waals surface area (Å²) in [5, 5.41) is 3.51. The van der Waals surface area contributed by atoms with Crippen LogP contribution in [0.25, 0.3) is 0 Å². The lowest BCUT2D eigenvalue weighted by Gasteiger charge is -2.32. The quantitative estimate of drug-likeness (QED) is 0.901. The molecular weight excluding hydrogens is 239 g/mol. The number of hydrogen-bond donors (Lipinski definition) is 1. The van der Waals surface area contributed by atoms with Gasteiger partial charge in [-0.1, -0.05) is 19.1 Å². The number of fused-ring (bicyclic) bond motifs is 1. The van der Waals surface area contributed by atoms with Crippen LogP contribution < -0.4 is 5.32 Å². The molecule has 2 aliphatic rings. The lowest BCUT2D eigenvalue weighted by Crippen LogP contribution is -2.36. The molecule has 0 saturated carbocycles. The number of benzene rings is 1. The summed E-state index contributed by atoms with van der Waals surface area (Å²) < 4.78 is 13.4. The third kappa shape index (κ3) is 2.30. The van der Waals surface area contributed by atoms with Gasteiger partial charge in [-0.15, -0.1) is 0 Å². The minimum Gasteiger partial charge on any atom is -0.316 e. The Balaban J connectivity index is 1.81. The topological polar surface area (TPSA) is 15.3 Å². The SMILES string of the molecule is CCC1C2CNCC2CN1C(C)c1cccc(F)c1. The fraction of sp³-hybridized carbons (Fsp3) is 0.625. The first kappa shape index (κ1) is 13.1. The first-order valence-corrected chi connectivity index (χ1v) is 7.42. The van der Waals surface area contributed by atoms with E-state index in [0.717, 1.165) is 37.0 Å². The summed E-state index contributed by atoms with van der Waals surface area (Å²) in [6.45, 7) is 7.93. The van der Waals surface area contributed by atoms with Crippen LogP contribution in [0.2, 0.25) is 0 Å². The van der Waals surface area contributed by atoms with Crippen molar-refractivity contribution in [2.24, 2.45) is 11.8 Å². The Morgan fingerprint density at radius 3 is 3.00 bits per heavy atom. The van der Waals surface area contributed by atoms with Crippen LogP contribution in [0.1, 0.15) is 31.9 Å². The van der Waals surface area contributed by atoms with Gasteiger partial charge in [-0.25, -0.2) is 4.39 Å². The second kappa shape index (κ2) is 5.22. The lowest BCUT2D eigenvalue weighted by molar-refractivity contribution is 0.165. The van der Waals surface area contributed by atoms with Gasteiger partial charge in [-0.2, -0.15) is 0 Å². The Morgan fingerprint density at radius 2 is 2.26 bits per heavy atom. The summed E-state index contributed by atoms with van der Waals surface area (Å²) in [5.41, 5.74) is 1.10. The molecule has 104 valence electrons. The van der Waals surface area contributed by atoms with Gasteiger partial charge >= 0.3 is 0 Å². The molecule has 4 unspecified atom stereocenters. The zero-order valence-corrected chi connectivity index (χ0v) is 11.8. The summed E-state index contributed by atoms with van der Waals surface area (Å²) in [6, 6.07) is 8.03. The predicted molar refractivity (Wildman–Crippen MR) is 75.4 cm³/mol. The summed E-state index contributed by atoms with van der Waals surface area (Å²) in [7, 11) is 0. The highest BCUT2D eigenvalue weighted by atomic mass is 19.1. The van der Waals surface area contributed by atoms with E-state index in [1.165, 1.54) is 12.5 Å². The highest BCUT2D eigenvalue weighted by molar-refractivity contribution is 5.20. The number of rotatable bonds is 3. The minimum absolute atomic E-state index is 0.126. The van der Waals surface area contributed by atoms with Gasteiger partial charge in [0.1, 0.15) is 5.82 Å². The molecule has 1 aromatic carbocycles. The van der Waals surface area contributed by atoms with Crippen LogP contribution in [0.4, 0.5) is 4.39 Å². The molecule has 4 atom stereocenters. The molecular formula is C16H23FN2. The zero-order chi connectivity index (χ0) is 13.4. The van der Waals surface area contributed by atoms with Crippen molar-refractivity contribution in [3.05, 3.63) is 35.6 Å². The monoisotopic (exact) mass is 262 g/mol. The predicted octanol–water partition coefficient (Wildman–Crippen LogP) is 2.82. The maximum atomic E-state index is 13.4. The van der Waals surface area contributed by atoms with Gasteiger partial charge in [0.25, 0.3) is 0 Å². The Morgan fingerprint density at radius 1 is 1.42 bits per heavy atom. The highest BCUT2D eigenvalue weighted by Crippen LogP contribution is 2.39. The molecule has 0 amide bonds. The molecule has 2 aliphatic heterocycles. The molecule has 0 spiro atoms. The van der Waals surface area contributed by atoms with Gasteiger partial charge in [-0.05, 0) is 56.0 Å². The van der Waals surface area contributed by atoms with Crippen LogP contribution in [-0.4, -0.2) is 30.6 Å². The van der Waals surface area contributed by atoms with E-state index in [0.29, 0.717) is 12.1 Å². The fourth-order valence-electron chi connectivity index (χ4n) is 4.00. The number of nitrogens with one attached hydrogen (secondary N) is 1. The van der Waals surface area contributed by atoms with Crippen molar-refractivity contribution in [1.82, 2.24) is 10.2 Å². The minimum atomic E-state index is -0.126. The molecule has 0 aliphatic carbocycles. The van der Waals surface area contributed by atoms with Crippen molar-refractivity contribution < 1.29 is 4.39 Å². The first-order valence-electron chi connectivity index (χ1n) is 7.42. The molecule has 1 aromatic rings. The van der Waals surface area contributed by atoms with Gasteiger partial charge in [-0.3, -0.25) is 4.90 Å². The Labute approximate surface area is 115 Å². The van der Waals surface area contributed by atoms with Crippen LogP contribution in [0.3, 0.4) is 0 Å². The summed E-state index contributed by atoms with van der Waals surface area (Å²) in [6.07, 6.45) is 1.18. The zero-order valence-electron chi connectivity index (χ0n) is 11.8. The fourth-order valence-corrected chi connectivity index (χ4v) is 4.00. The molecule has 2 nitrogen and oxygen atoms in total. The van der Waals surface area contributed by atoms with Gasteiger partial charge in [0.05, 0.1) is 0 Å². The van der Waals surface area contributed by atoms with E-state index in [4.69, 9.17) is 0 Å². The molecule has 2 fully saturated rings. The average molecular weight is 262 g/mol. The smallest absolute Gasteiger partial charge is 0.123 e. The Kier molecular flexibility index (Phi) is 3.59. The molecule has 19 heavy (non-hydrogen) atoms. The van der Waals surface area contributed by atoms with Crippen LogP contribution in [0.5, 0.6) is 0 Å². The van der Waals surface area contributed by atoms with E-state index in [1.807, 2.05) is 12.1 Å². The normalized spacial score (nSPS) is 32.5. The number of halogens is 1. The molecule has 0 radical (unpaired) electrons. The van der Waals surface area contributed by atoms with E-state index >= 15 is 0 Å². The van der Waals surface area contributed by atoms with Crippen molar-refractivity contribution in [2.45, 2.75) is 32.4 Å². The summed E-state index contributed by atoms with van der Waals surface area (Å²) in [4.78, 5) is 2.59. The molecule has 0 aromatic heterocycles. The van der Waals surface area contributed by atoms with Crippen LogP contribution in [-0.2, 0) is 0 Å². The van der Waals surface area contributed by atoms with E-state index < -0.39 is 0 Å². The molecule has 2 saturated heterocycles. The Hall–Kier alpha value is -0.930. The lowest BCUT2D eigenvalue weighted by atomic mass is 9.92. The van der Waals surface area contributed by atoms with Crippen LogP contribution in [0.15, 0.2) is 24.3 Å². The summed E-state index contributed by atoms with van der Waals surface area (Å²) in [5.74, 6) is 1.43. The Bertz CT molecular complexity index is 448. The molecule has 3 heteroatoms. The van der Waals surface area contributed by atoms with Gasteiger partial charge in [0.15, 0.2) is 0 Å². The van der Waals surface area contributed by atoms with Crippen molar-refractivity contribution in [2.75, 3.05) is 19.6 Å². The van der Waals surface area contributed by atoms with Crippen molar-refractivity contribution in [1.29, 1.82) is 0 Å². The number of hydrogen-bond acceptors (Lipinski definition) is 2. The average Bonchev–Trinajstić information content (AvgIpc) is 2.97. The van der Waals surface area contributed by atoms with Gasteiger partial charge in [0, 0.05) is 18.6 Å². The third-order valence-corrected chi connectivity index (χ3v) is 5.00. The molecule has 2 heterocycles. The maximum Gasteiger partial charge on any atom is 0.123 e. The maximum absolute atomic E-state index is 13.4. The second-order valence-electron chi connectivity index (χ2n) is 5.99. The van der Waals surface area contributed by atoms with Crippen molar-refractivity contribution in [3.63, 3.8) is 0 Å². The van der Waals surface area contributed by atoms with Gasteiger partial charge < -0.3 is 5.32 Å². The van der Waals surface area contributed by atoms with Gasteiger partial charge in [0.2, 0.25) is 0 Å². The number of nitrogens with zero attached hydrogens (tertiary/aromatic N) is 1. The largest absolute Gasteiger partial charge is 0.316 e. The van der Waals surface area contributed by atoms with E-state index in [2.05, 4.69) is 24.1 Å². The molecule has 1 N–H and O–H groups in total. The standard InChI is InChI=1S/C16H23FN2/c1-3-16-15-9-18-8-13(15)10-19(16)11(2)12-5-4-6-14(17)7-12/h4-7,11,13,15-16,18H,3,8-10H2,1-2H3. The van der Waals surface area contributed by atoms with Crippen molar-refractivity contribution >= 4 is 0 Å². The van der Waals surface area contributed by atoms with Crippen LogP contribution in [0, 0.1) is 17.7 Å². The first-order chi connectivity index (χ1) is 9.20. The van der Waals surface area contributed by atoms with Crippen molar-refractivity contribution in [3.8, 4) is 0 Å². The van der Waals surface area contributed by atoms with E-state index in [-0.39, 0.29) is 5.82 Å². The summed E-state index contributed by atoms with van der Waals surface area (Å²) >= 11 is 0. The second-order valence-corrected chi connectivity index (χ2v) is 5.99. The highest BCUT2D eigenvalue weighted by Gasteiger charge is 2.44. The van der Waals surface area contributed by atoms with E-state index in [1.54, 1.807) is 6.07 Å².